The van der Waals surface area contributed by atoms with Gasteiger partial charge in [0.25, 0.3) is 0 Å². The van der Waals surface area contributed by atoms with Crippen LogP contribution < -0.4 is 15.5 Å². The highest BCUT2D eigenvalue weighted by Gasteiger charge is 2.20. The van der Waals surface area contributed by atoms with Crippen LogP contribution in [0.4, 0.5) is 5.82 Å². The molecule has 0 amide bonds. The SMILES string of the molecule is CN=C(NCc1ccc(C(C)(C)C)cc1)NC1CCN(c2ccccn2)CC1. The van der Waals surface area contributed by atoms with Crippen molar-refractivity contribution >= 4 is 11.8 Å². The predicted molar refractivity (Wildman–Crippen MR) is 118 cm³/mol. The first kappa shape index (κ1) is 20.2. The summed E-state index contributed by atoms with van der Waals surface area (Å²) >= 11 is 0. The highest BCUT2D eigenvalue weighted by atomic mass is 15.2. The molecular weight excluding hydrogens is 346 g/mol. The number of pyridine rings is 1. The van der Waals surface area contributed by atoms with Crippen LogP contribution in [0.5, 0.6) is 0 Å². The molecular formula is C23H33N5. The van der Waals surface area contributed by atoms with E-state index in [9.17, 15) is 0 Å². The molecule has 1 fully saturated rings. The third-order valence-electron chi connectivity index (χ3n) is 5.31. The van der Waals surface area contributed by atoms with Crippen LogP contribution in [0.1, 0.15) is 44.7 Å². The molecule has 0 bridgehead atoms. The van der Waals surface area contributed by atoms with Crippen LogP contribution in [0.15, 0.2) is 53.7 Å². The molecule has 5 heteroatoms. The van der Waals surface area contributed by atoms with Crippen molar-refractivity contribution in [1.29, 1.82) is 0 Å². The number of anilines is 1. The molecule has 150 valence electrons. The van der Waals surface area contributed by atoms with Gasteiger partial charge in [-0.1, -0.05) is 51.1 Å². The van der Waals surface area contributed by atoms with Crippen LogP contribution in [0.3, 0.4) is 0 Å². The number of aromatic nitrogens is 1. The predicted octanol–water partition coefficient (Wildman–Crippen LogP) is 3.71. The van der Waals surface area contributed by atoms with E-state index in [1.165, 1.54) is 11.1 Å². The van der Waals surface area contributed by atoms with Gasteiger partial charge in [-0.3, -0.25) is 4.99 Å². The zero-order valence-electron chi connectivity index (χ0n) is 17.6. The zero-order valence-corrected chi connectivity index (χ0v) is 17.6. The van der Waals surface area contributed by atoms with Gasteiger partial charge in [0, 0.05) is 38.9 Å². The summed E-state index contributed by atoms with van der Waals surface area (Å²) in [6, 6.07) is 15.4. The summed E-state index contributed by atoms with van der Waals surface area (Å²) in [5.41, 5.74) is 2.81. The Labute approximate surface area is 169 Å². The van der Waals surface area contributed by atoms with Crippen LogP contribution in [-0.4, -0.2) is 37.1 Å². The molecule has 1 saturated heterocycles. The molecule has 0 atom stereocenters. The van der Waals surface area contributed by atoms with Gasteiger partial charge in [0.1, 0.15) is 5.82 Å². The van der Waals surface area contributed by atoms with Crippen LogP contribution in [0, 0.1) is 0 Å². The molecule has 0 spiro atoms. The Hall–Kier alpha value is -2.56. The number of nitrogens with one attached hydrogen (secondary N) is 2. The molecule has 0 aliphatic carbocycles. The quantitative estimate of drug-likeness (QED) is 0.628. The molecule has 0 radical (unpaired) electrons. The van der Waals surface area contributed by atoms with Gasteiger partial charge in [-0.25, -0.2) is 4.98 Å². The molecule has 1 aromatic carbocycles. The number of hydrogen-bond acceptors (Lipinski definition) is 3. The van der Waals surface area contributed by atoms with E-state index < -0.39 is 0 Å². The van der Waals surface area contributed by atoms with Crippen molar-refractivity contribution in [1.82, 2.24) is 15.6 Å². The van der Waals surface area contributed by atoms with Gasteiger partial charge in [0.05, 0.1) is 0 Å². The van der Waals surface area contributed by atoms with Gasteiger partial charge in [-0.2, -0.15) is 0 Å². The molecule has 2 aromatic rings. The molecule has 5 nitrogen and oxygen atoms in total. The van der Waals surface area contributed by atoms with Gasteiger partial charge < -0.3 is 15.5 Å². The summed E-state index contributed by atoms with van der Waals surface area (Å²) in [7, 11) is 1.83. The Morgan fingerprint density at radius 2 is 1.82 bits per heavy atom. The third kappa shape index (κ3) is 5.47. The van der Waals surface area contributed by atoms with Crippen molar-refractivity contribution < 1.29 is 0 Å². The van der Waals surface area contributed by atoms with E-state index in [1.807, 2.05) is 25.4 Å². The molecule has 1 aliphatic rings. The van der Waals surface area contributed by atoms with Crippen LogP contribution in [0.2, 0.25) is 0 Å². The molecule has 2 heterocycles. The van der Waals surface area contributed by atoms with Gasteiger partial charge >= 0.3 is 0 Å². The lowest BCUT2D eigenvalue weighted by molar-refractivity contribution is 0.459. The fourth-order valence-corrected chi connectivity index (χ4v) is 3.49. The number of aliphatic imine (C=N–C) groups is 1. The van der Waals surface area contributed by atoms with Crippen molar-refractivity contribution in [3.05, 3.63) is 59.8 Å². The number of nitrogens with zero attached hydrogens (tertiary/aromatic N) is 3. The first-order chi connectivity index (χ1) is 13.5. The first-order valence-electron chi connectivity index (χ1n) is 10.2. The summed E-state index contributed by atoms with van der Waals surface area (Å²) in [5, 5.41) is 7.02. The molecule has 0 unspecified atom stereocenters. The maximum Gasteiger partial charge on any atom is 0.191 e. The second-order valence-electron chi connectivity index (χ2n) is 8.47. The summed E-state index contributed by atoms with van der Waals surface area (Å²) in [6.45, 7) is 9.53. The largest absolute Gasteiger partial charge is 0.356 e. The number of hydrogen-bond donors (Lipinski definition) is 2. The molecule has 1 aliphatic heterocycles. The van der Waals surface area contributed by atoms with Crippen LogP contribution >= 0.6 is 0 Å². The normalized spacial score (nSPS) is 16.1. The average Bonchev–Trinajstić information content (AvgIpc) is 2.72. The van der Waals surface area contributed by atoms with Gasteiger partial charge in [-0.05, 0) is 41.5 Å². The van der Waals surface area contributed by atoms with E-state index >= 15 is 0 Å². The second-order valence-corrected chi connectivity index (χ2v) is 8.47. The Morgan fingerprint density at radius 3 is 2.39 bits per heavy atom. The monoisotopic (exact) mass is 379 g/mol. The van der Waals surface area contributed by atoms with E-state index in [0.717, 1.165) is 44.3 Å². The minimum atomic E-state index is 0.188. The Bertz CT molecular complexity index is 754. The molecule has 2 N–H and O–H groups in total. The minimum absolute atomic E-state index is 0.188. The average molecular weight is 380 g/mol. The molecule has 28 heavy (non-hydrogen) atoms. The smallest absolute Gasteiger partial charge is 0.191 e. The maximum atomic E-state index is 4.46. The van der Waals surface area contributed by atoms with E-state index in [-0.39, 0.29) is 5.41 Å². The standard InChI is InChI=1S/C23H33N5/c1-23(2,3)19-10-8-18(9-11-19)17-26-22(24-4)27-20-12-15-28(16-13-20)21-7-5-6-14-25-21/h5-11,14,20H,12-13,15-17H2,1-4H3,(H2,24,26,27). The number of rotatable bonds is 4. The van der Waals surface area contributed by atoms with Crippen molar-refractivity contribution in [2.75, 3.05) is 25.0 Å². The summed E-state index contributed by atoms with van der Waals surface area (Å²) < 4.78 is 0. The lowest BCUT2D eigenvalue weighted by atomic mass is 9.87. The van der Waals surface area contributed by atoms with Crippen molar-refractivity contribution in [2.45, 2.75) is 51.6 Å². The molecule has 1 aromatic heterocycles. The highest BCUT2D eigenvalue weighted by molar-refractivity contribution is 5.80. The maximum absolute atomic E-state index is 4.46. The van der Waals surface area contributed by atoms with E-state index in [2.05, 4.69) is 76.6 Å². The van der Waals surface area contributed by atoms with E-state index in [1.54, 1.807) is 0 Å². The van der Waals surface area contributed by atoms with Crippen molar-refractivity contribution in [2.24, 2.45) is 4.99 Å². The fraction of sp³-hybridized carbons (Fsp3) is 0.478. The Kier molecular flexibility index (Phi) is 6.55. The van der Waals surface area contributed by atoms with E-state index in [4.69, 9.17) is 0 Å². The second kappa shape index (κ2) is 9.09. The number of guanidine groups is 1. The first-order valence-corrected chi connectivity index (χ1v) is 10.2. The van der Waals surface area contributed by atoms with Gasteiger partial charge in [0.2, 0.25) is 0 Å². The lowest BCUT2D eigenvalue weighted by Gasteiger charge is -2.33. The Balaban J connectivity index is 1.46. The lowest BCUT2D eigenvalue weighted by Crippen LogP contribution is -2.48. The third-order valence-corrected chi connectivity index (χ3v) is 5.31. The minimum Gasteiger partial charge on any atom is -0.356 e. The summed E-state index contributed by atoms with van der Waals surface area (Å²) in [5.74, 6) is 1.94. The fourth-order valence-electron chi connectivity index (χ4n) is 3.49. The molecule has 0 saturated carbocycles. The van der Waals surface area contributed by atoms with Gasteiger partial charge in [0.15, 0.2) is 5.96 Å². The van der Waals surface area contributed by atoms with E-state index in [0.29, 0.717) is 6.04 Å². The van der Waals surface area contributed by atoms with Crippen molar-refractivity contribution in [3.8, 4) is 0 Å². The number of piperidine rings is 1. The van der Waals surface area contributed by atoms with Crippen LogP contribution in [-0.2, 0) is 12.0 Å². The summed E-state index contributed by atoms with van der Waals surface area (Å²) in [6.07, 6.45) is 4.02. The molecule has 3 rings (SSSR count). The Morgan fingerprint density at radius 1 is 1.11 bits per heavy atom. The number of benzene rings is 1. The summed E-state index contributed by atoms with van der Waals surface area (Å²) in [4.78, 5) is 11.2. The highest BCUT2D eigenvalue weighted by Crippen LogP contribution is 2.22. The van der Waals surface area contributed by atoms with Crippen LogP contribution in [0.25, 0.3) is 0 Å². The van der Waals surface area contributed by atoms with Crippen molar-refractivity contribution in [3.63, 3.8) is 0 Å². The van der Waals surface area contributed by atoms with Gasteiger partial charge in [-0.15, -0.1) is 0 Å². The topological polar surface area (TPSA) is 52.6 Å². The zero-order chi connectivity index (χ0) is 20.0.